The quantitative estimate of drug-likeness (QED) is 0.234. The molecule has 0 fully saturated rings. The number of nitrogens with zero attached hydrogens (tertiary/aromatic N) is 1. The fraction of sp³-hybridized carbons (Fsp3) is 0.344. The standard InChI is InChI=1S/C32H37NO6/c1-24(2)21-29(31(35)36)28(20-12-19-25-13-6-3-7-14-25)30(34)33(39-23-27-17-10-5-11-18-27)32(37)38-22-26-15-8-4-9-16-26/h3-11,13-18,24,28-29H,12,19-23H2,1-2H3,(H,35,36)/t28?,29-/m1/s1. The smallest absolute Gasteiger partial charge is 0.441 e. The van der Waals surface area contributed by atoms with E-state index in [1.165, 1.54) is 0 Å². The van der Waals surface area contributed by atoms with Gasteiger partial charge in [0.2, 0.25) is 0 Å². The van der Waals surface area contributed by atoms with Gasteiger partial charge in [-0.2, -0.15) is 0 Å². The van der Waals surface area contributed by atoms with E-state index < -0.39 is 29.8 Å². The molecule has 3 rings (SSSR count). The van der Waals surface area contributed by atoms with Crippen LogP contribution >= 0.6 is 0 Å². The van der Waals surface area contributed by atoms with Crippen LogP contribution in [0.4, 0.5) is 4.79 Å². The normalized spacial score (nSPS) is 12.5. The largest absolute Gasteiger partial charge is 0.481 e. The van der Waals surface area contributed by atoms with Gasteiger partial charge in [-0.15, -0.1) is 5.06 Å². The minimum absolute atomic E-state index is 0.0410. The molecule has 0 aromatic heterocycles. The number of ether oxygens (including phenoxy) is 1. The van der Waals surface area contributed by atoms with E-state index in [4.69, 9.17) is 9.57 Å². The summed E-state index contributed by atoms with van der Waals surface area (Å²) in [5, 5.41) is 10.7. The molecule has 7 heteroatoms. The molecule has 1 N–H and O–H groups in total. The molecule has 7 nitrogen and oxygen atoms in total. The summed E-state index contributed by atoms with van der Waals surface area (Å²) in [4.78, 5) is 45.2. The number of imide groups is 1. The number of aryl methyl sites for hydroxylation is 1. The average molecular weight is 532 g/mol. The van der Waals surface area contributed by atoms with Gasteiger partial charge in [-0.05, 0) is 48.3 Å². The van der Waals surface area contributed by atoms with Crippen molar-refractivity contribution in [3.05, 3.63) is 108 Å². The van der Waals surface area contributed by atoms with Crippen LogP contribution in [-0.4, -0.2) is 28.1 Å². The lowest BCUT2D eigenvalue weighted by Gasteiger charge is -2.29. The van der Waals surface area contributed by atoms with Gasteiger partial charge in [0, 0.05) is 0 Å². The fourth-order valence-corrected chi connectivity index (χ4v) is 4.46. The van der Waals surface area contributed by atoms with E-state index in [9.17, 15) is 19.5 Å². The zero-order valence-corrected chi connectivity index (χ0v) is 22.6. The summed E-state index contributed by atoms with van der Waals surface area (Å²) in [5.74, 6) is -3.67. The van der Waals surface area contributed by atoms with Crippen molar-refractivity contribution in [2.75, 3.05) is 0 Å². The molecule has 3 aromatic rings. The average Bonchev–Trinajstić information content (AvgIpc) is 2.94. The van der Waals surface area contributed by atoms with Crippen LogP contribution in [0.15, 0.2) is 91.0 Å². The van der Waals surface area contributed by atoms with Gasteiger partial charge in [0.15, 0.2) is 0 Å². The Balaban J connectivity index is 1.83. The maximum Gasteiger partial charge on any atom is 0.441 e. The first-order valence-electron chi connectivity index (χ1n) is 13.3. The van der Waals surface area contributed by atoms with Crippen molar-refractivity contribution in [2.24, 2.45) is 17.8 Å². The Bertz CT molecular complexity index is 1170. The van der Waals surface area contributed by atoms with Gasteiger partial charge in [0.05, 0.1) is 11.8 Å². The highest BCUT2D eigenvalue weighted by Crippen LogP contribution is 2.29. The molecule has 2 atom stereocenters. The van der Waals surface area contributed by atoms with Crippen LogP contribution in [0.1, 0.15) is 49.8 Å². The van der Waals surface area contributed by atoms with Crippen molar-refractivity contribution >= 4 is 18.0 Å². The van der Waals surface area contributed by atoms with Gasteiger partial charge in [0.1, 0.15) is 13.2 Å². The summed E-state index contributed by atoms with van der Waals surface area (Å²) in [5.41, 5.74) is 2.60. The van der Waals surface area contributed by atoms with Gasteiger partial charge in [0.25, 0.3) is 5.91 Å². The number of benzene rings is 3. The molecule has 39 heavy (non-hydrogen) atoms. The molecule has 3 aromatic carbocycles. The van der Waals surface area contributed by atoms with E-state index in [2.05, 4.69) is 0 Å². The Morgan fingerprint density at radius 1 is 0.744 bits per heavy atom. The summed E-state index contributed by atoms with van der Waals surface area (Å²) in [6.07, 6.45) is 0.870. The molecule has 0 saturated heterocycles. The number of carbonyl (C=O) groups excluding carboxylic acids is 2. The zero-order valence-electron chi connectivity index (χ0n) is 22.6. The van der Waals surface area contributed by atoms with Crippen LogP contribution in [0.25, 0.3) is 0 Å². The third-order valence-electron chi connectivity index (χ3n) is 6.44. The number of amides is 2. The molecular formula is C32H37NO6. The number of aliphatic carboxylic acids is 1. The van der Waals surface area contributed by atoms with Crippen LogP contribution in [0.3, 0.4) is 0 Å². The lowest BCUT2D eigenvalue weighted by molar-refractivity contribution is -0.187. The van der Waals surface area contributed by atoms with E-state index in [0.717, 1.165) is 16.7 Å². The SMILES string of the molecule is CC(C)C[C@@H](C(=O)O)C(CCCc1ccccc1)C(=O)N(OCc1ccccc1)C(=O)OCc1ccccc1. The molecule has 0 bridgehead atoms. The summed E-state index contributed by atoms with van der Waals surface area (Å²) >= 11 is 0. The minimum Gasteiger partial charge on any atom is -0.481 e. The van der Waals surface area contributed by atoms with E-state index in [-0.39, 0.29) is 25.6 Å². The first-order chi connectivity index (χ1) is 18.8. The molecule has 0 heterocycles. The van der Waals surface area contributed by atoms with Crippen LogP contribution in [0.5, 0.6) is 0 Å². The Kier molecular flexibility index (Phi) is 11.7. The third-order valence-corrected chi connectivity index (χ3v) is 6.44. The predicted molar refractivity (Wildman–Crippen MR) is 148 cm³/mol. The summed E-state index contributed by atoms with van der Waals surface area (Å²) < 4.78 is 5.44. The van der Waals surface area contributed by atoms with E-state index in [0.29, 0.717) is 24.3 Å². The summed E-state index contributed by atoms with van der Waals surface area (Å²) in [6.45, 7) is 3.73. The third kappa shape index (κ3) is 9.69. The molecule has 0 aliphatic rings. The van der Waals surface area contributed by atoms with Crippen LogP contribution in [0.2, 0.25) is 0 Å². The molecule has 0 aliphatic heterocycles. The monoisotopic (exact) mass is 531 g/mol. The van der Waals surface area contributed by atoms with Crippen molar-refractivity contribution in [1.29, 1.82) is 0 Å². The van der Waals surface area contributed by atoms with Crippen molar-refractivity contribution in [3.8, 4) is 0 Å². The number of hydroxylamine groups is 2. The first kappa shape index (κ1) is 29.6. The molecule has 0 saturated carbocycles. The van der Waals surface area contributed by atoms with Gasteiger partial charge < -0.3 is 9.84 Å². The van der Waals surface area contributed by atoms with Crippen LogP contribution in [-0.2, 0) is 38.8 Å². The molecule has 2 amide bonds. The number of hydrogen-bond donors (Lipinski definition) is 1. The van der Waals surface area contributed by atoms with Crippen molar-refractivity contribution in [2.45, 2.75) is 52.7 Å². The summed E-state index contributed by atoms with van der Waals surface area (Å²) in [7, 11) is 0. The number of carboxylic acid groups (broad SMARTS) is 1. The first-order valence-corrected chi connectivity index (χ1v) is 13.3. The molecule has 0 radical (unpaired) electrons. The highest BCUT2D eigenvalue weighted by molar-refractivity contribution is 5.94. The van der Waals surface area contributed by atoms with Crippen LogP contribution < -0.4 is 0 Å². The number of hydrogen-bond acceptors (Lipinski definition) is 5. The molecule has 206 valence electrons. The Morgan fingerprint density at radius 3 is 1.77 bits per heavy atom. The molecule has 0 spiro atoms. The van der Waals surface area contributed by atoms with Crippen molar-refractivity contribution < 1.29 is 29.1 Å². The number of carbonyl (C=O) groups is 3. The fourth-order valence-electron chi connectivity index (χ4n) is 4.46. The number of carboxylic acids is 1. The second kappa shape index (κ2) is 15.4. The molecular weight excluding hydrogens is 494 g/mol. The van der Waals surface area contributed by atoms with E-state index in [1.54, 1.807) is 12.1 Å². The predicted octanol–water partition coefficient (Wildman–Crippen LogP) is 6.67. The molecule has 0 aliphatic carbocycles. The maximum absolute atomic E-state index is 13.9. The maximum atomic E-state index is 13.9. The highest BCUT2D eigenvalue weighted by atomic mass is 16.7. The van der Waals surface area contributed by atoms with Crippen molar-refractivity contribution in [1.82, 2.24) is 5.06 Å². The van der Waals surface area contributed by atoms with Gasteiger partial charge >= 0.3 is 12.1 Å². The summed E-state index contributed by atoms with van der Waals surface area (Å²) in [6, 6.07) is 28.1. The van der Waals surface area contributed by atoms with Crippen LogP contribution in [0, 0.1) is 17.8 Å². The van der Waals surface area contributed by atoms with E-state index in [1.807, 2.05) is 92.7 Å². The van der Waals surface area contributed by atoms with Gasteiger partial charge in [-0.25, -0.2) is 4.79 Å². The lowest BCUT2D eigenvalue weighted by atomic mass is 9.81. The second-order valence-corrected chi connectivity index (χ2v) is 9.99. The zero-order chi connectivity index (χ0) is 28.0. The van der Waals surface area contributed by atoms with Crippen molar-refractivity contribution in [3.63, 3.8) is 0 Å². The second-order valence-electron chi connectivity index (χ2n) is 9.99. The van der Waals surface area contributed by atoms with E-state index >= 15 is 0 Å². The molecule has 1 unspecified atom stereocenters. The van der Waals surface area contributed by atoms with Gasteiger partial charge in [-0.3, -0.25) is 14.4 Å². The van der Waals surface area contributed by atoms with Gasteiger partial charge in [-0.1, -0.05) is 105 Å². The Morgan fingerprint density at radius 2 is 1.26 bits per heavy atom. The number of rotatable bonds is 14. The Hall–Kier alpha value is -3.97. The highest BCUT2D eigenvalue weighted by Gasteiger charge is 2.39. The topological polar surface area (TPSA) is 93.1 Å². The Labute approximate surface area is 230 Å². The lowest BCUT2D eigenvalue weighted by Crippen LogP contribution is -2.45. The minimum atomic E-state index is -1.07.